The molecule has 19 heavy (non-hydrogen) atoms. The van der Waals surface area contributed by atoms with Crippen molar-refractivity contribution in [1.29, 1.82) is 0 Å². The van der Waals surface area contributed by atoms with Gasteiger partial charge < -0.3 is 20.7 Å². The lowest BCUT2D eigenvalue weighted by Crippen LogP contribution is -2.36. The van der Waals surface area contributed by atoms with Crippen molar-refractivity contribution in [3.05, 3.63) is 17.8 Å². The summed E-state index contributed by atoms with van der Waals surface area (Å²) in [6.45, 7) is 1.71. The van der Waals surface area contributed by atoms with Gasteiger partial charge >= 0.3 is 5.97 Å². The molecule has 1 atom stereocenters. The van der Waals surface area contributed by atoms with E-state index in [1.807, 2.05) is 0 Å². The van der Waals surface area contributed by atoms with Crippen LogP contribution in [0.5, 0.6) is 0 Å². The first-order chi connectivity index (χ1) is 8.86. The second-order valence-electron chi connectivity index (χ2n) is 4.25. The Morgan fingerprint density at radius 3 is 2.63 bits per heavy atom. The quantitative estimate of drug-likeness (QED) is 0.763. The van der Waals surface area contributed by atoms with Crippen molar-refractivity contribution in [2.45, 2.75) is 13.0 Å². The highest BCUT2D eigenvalue weighted by atomic mass is 16.5. The van der Waals surface area contributed by atoms with E-state index in [0.29, 0.717) is 5.82 Å². The van der Waals surface area contributed by atoms with Crippen molar-refractivity contribution in [2.75, 3.05) is 32.3 Å². The molecule has 0 saturated carbocycles. The summed E-state index contributed by atoms with van der Waals surface area (Å²) in [6.07, 6.45) is 1.35. The molecule has 104 valence electrons. The van der Waals surface area contributed by atoms with Gasteiger partial charge in [0, 0.05) is 14.1 Å². The fourth-order valence-electron chi connectivity index (χ4n) is 1.50. The Balaban J connectivity index is 2.91. The van der Waals surface area contributed by atoms with E-state index in [2.05, 4.69) is 15.0 Å². The van der Waals surface area contributed by atoms with E-state index in [9.17, 15) is 9.59 Å². The lowest BCUT2D eigenvalue weighted by atomic mass is 10.2. The number of carbonyl (C=O) groups is 2. The van der Waals surface area contributed by atoms with Gasteiger partial charge in [-0.3, -0.25) is 4.79 Å². The van der Waals surface area contributed by atoms with Gasteiger partial charge in [0.1, 0.15) is 11.9 Å². The molecule has 0 saturated heterocycles. The van der Waals surface area contributed by atoms with Gasteiger partial charge in [0.25, 0.3) is 0 Å². The van der Waals surface area contributed by atoms with Crippen LogP contribution >= 0.6 is 0 Å². The number of methoxy groups -OCH3 is 1. The third-order valence-electron chi connectivity index (χ3n) is 2.52. The Hall–Kier alpha value is -2.31. The van der Waals surface area contributed by atoms with E-state index >= 15 is 0 Å². The molecule has 0 bridgehead atoms. The minimum absolute atomic E-state index is 0.0988. The second kappa shape index (κ2) is 6.03. The number of ether oxygens (including phenoxy) is 1. The maximum atomic E-state index is 11.7. The number of hydrogen-bond acceptors (Lipinski definition) is 6. The van der Waals surface area contributed by atoms with Crippen LogP contribution in [-0.4, -0.2) is 49.0 Å². The number of likely N-dealkylation sites (N-methyl/N-ethyl adjacent to an activating group) is 1. The Labute approximate surface area is 111 Å². The number of rotatable bonds is 4. The molecule has 0 aliphatic carbocycles. The molecule has 1 aromatic heterocycles. The molecule has 7 nitrogen and oxygen atoms in total. The third-order valence-corrected chi connectivity index (χ3v) is 2.52. The molecule has 3 N–H and O–H groups in total. The Kier molecular flexibility index (Phi) is 4.68. The number of esters is 1. The average Bonchev–Trinajstić information content (AvgIpc) is 2.38. The smallest absolute Gasteiger partial charge is 0.340 e. The number of nitrogens with one attached hydrogen (secondary N) is 1. The van der Waals surface area contributed by atoms with E-state index < -0.39 is 12.0 Å². The van der Waals surface area contributed by atoms with Gasteiger partial charge in [0.15, 0.2) is 0 Å². The zero-order chi connectivity index (χ0) is 14.6. The summed E-state index contributed by atoms with van der Waals surface area (Å²) < 4.78 is 4.61. The van der Waals surface area contributed by atoms with Crippen LogP contribution in [0, 0.1) is 0 Å². The Morgan fingerprint density at radius 1 is 1.47 bits per heavy atom. The summed E-state index contributed by atoms with van der Waals surface area (Å²) in [5.74, 6) is -0.259. The number of anilines is 2. The SMILES string of the molecule is COC(=O)c1cc(NC(C)C(=O)N(C)C)ncc1N. The van der Waals surface area contributed by atoms with E-state index in [0.717, 1.165) is 0 Å². The molecule has 1 unspecified atom stereocenters. The molecular weight excluding hydrogens is 248 g/mol. The first-order valence-electron chi connectivity index (χ1n) is 5.68. The lowest BCUT2D eigenvalue weighted by Gasteiger charge is -2.18. The Bertz CT molecular complexity index is 488. The fourth-order valence-corrected chi connectivity index (χ4v) is 1.50. The van der Waals surface area contributed by atoms with E-state index in [4.69, 9.17) is 5.73 Å². The molecule has 0 aliphatic rings. The fraction of sp³-hybridized carbons (Fsp3) is 0.417. The topological polar surface area (TPSA) is 97.5 Å². The number of carbonyl (C=O) groups excluding carboxylic acids is 2. The summed E-state index contributed by atoms with van der Waals surface area (Å²) in [4.78, 5) is 28.7. The van der Waals surface area contributed by atoms with Gasteiger partial charge in [-0.25, -0.2) is 9.78 Å². The average molecular weight is 266 g/mol. The molecule has 0 spiro atoms. The van der Waals surface area contributed by atoms with Crippen LogP contribution in [0.4, 0.5) is 11.5 Å². The molecule has 7 heteroatoms. The van der Waals surface area contributed by atoms with Gasteiger partial charge in [-0.2, -0.15) is 0 Å². The van der Waals surface area contributed by atoms with Gasteiger partial charge in [0.05, 0.1) is 24.6 Å². The number of nitrogen functional groups attached to an aromatic ring is 1. The molecule has 0 fully saturated rings. The lowest BCUT2D eigenvalue weighted by molar-refractivity contribution is -0.129. The first-order valence-corrected chi connectivity index (χ1v) is 5.68. The Morgan fingerprint density at radius 2 is 2.11 bits per heavy atom. The molecule has 1 aromatic rings. The maximum Gasteiger partial charge on any atom is 0.340 e. The van der Waals surface area contributed by atoms with Crippen LogP contribution in [-0.2, 0) is 9.53 Å². The molecular formula is C12H18N4O3. The normalized spacial score (nSPS) is 11.6. The summed E-state index contributed by atoms with van der Waals surface area (Å²) in [6, 6.07) is 0.997. The minimum atomic E-state index is -0.547. The summed E-state index contributed by atoms with van der Waals surface area (Å²) in [7, 11) is 4.60. The maximum absolute atomic E-state index is 11.7. The van der Waals surface area contributed by atoms with Gasteiger partial charge in [-0.15, -0.1) is 0 Å². The van der Waals surface area contributed by atoms with Crippen LogP contribution < -0.4 is 11.1 Å². The van der Waals surface area contributed by atoms with Crippen molar-refractivity contribution in [1.82, 2.24) is 9.88 Å². The van der Waals surface area contributed by atoms with Crippen LogP contribution in [0.2, 0.25) is 0 Å². The van der Waals surface area contributed by atoms with Crippen molar-refractivity contribution in [3.63, 3.8) is 0 Å². The molecule has 0 radical (unpaired) electrons. The zero-order valence-corrected chi connectivity index (χ0v) is 11.4. The van der Waals surface area contributed by atoms with Gasteiger partial charge in [-0.05, 0) is 13.0 Å². The van der Waals surface area contributed by atoms with Gasteiger partial charge in [0.2, 0.25) is 5.91 Å². The van der Waals surface area contributed by atoms with Gasteiger partial charge in [-0.1, -0.05) is 0 Å². The van der Waals surface area contributed by atoms with Crippen molar-refractivity contribution >= 4 is 23.4 Å². The summed E-state index contributed by atoms with van der Waals surface area (Å²) in [5, 5.41) is 2.90. The van der Waals surface area contributed by atoms with E-state index in [-0.39, 0.29) is 17.2 Å². The van der Waals surface area contributed by atoms with Crippen molar-refractivity contribution in [3.8, 4) is 0 Å². The highest BCUT2D eigenvalue weighted by molar-refractivity contribution is 5.95. The summed E-state index contributed by atoms with van der Waals surface area (Å²) in [5.41, 5.74) is 6.08. The van der Waals surface area contributed by atoms with E-state index in [1.165, 1.54) is 24.3 Å². The molecule has 0 aliphatic heterocycles. The molecule has 0 aromatic carbocycles. The van der Waals surface area contributed by atoms with Crippen molar-refractivity contribution < 1.29 is 14.3 Å². The first kappa shape index (κ1) is 14.7. The number of nitrogens with two attached hydrogens (primary N) is 1. The highest BCUT2D eigenvalue weighted by Gasteiger charge is 2.17. The predicted molar refractivity (Wildman–Crippen MR) is 71.8 cm³/mol. The number of pyridine rings is 1. The molecule has 1 heterocycles. The molecule has 1 rings (SSSR count). The van der Waals surface area contributed by atoms with Crippen LogP contribution in [0.1, 0.15) is 17.3 Å². The minimum Gasteiger partial charge on any atom is -0.465 e. The van der Waals surface area contributed by atoms with Crippen LogP contribution in [0.25, 0.3) is 0 Å². The van der Waals surface area contributed by atoms with Crippen LogP contribution in [0.3, 0.4) is 0 Å². The van der Waals surface area contributed by atoms with E-state index in [1.54, 1.807) is 21.0 Å². The monoisotopic (exact) mass is 266 g/mol. The van der Waals surface area contributed by atoms with Crippen LogP contribution in [0.15, 0.2) is 12.3 Å². The third kappa shape index (κ3) is 3.57. The number of amides is 1. The standard InChI is InChI=1S/C12H18N4O3/c1-7(11(17)16(2)3)15-10-5-8(12(18)19-4)9(13)6-14-10/h5-7H,13H2,1-4H3,(H,14,15). The second-order valence-corrected chi connectivity index (χ2v) is 4.25. The van der Waals surface area contributed by atoms with Crippen molar-refractivity contribution in [2.24, 2.45) is 0 Å². The number of hydrogen-bond donors (Lipinski definition) is 2. The predicted octanol–water partition coefficient (Wildman–Crippen LogP) is 0.339. The highest BCUT2D eigenvalue weighted by Crippen LogP contribution is 2.16. The number of nitrogens with zero attached hydrogens (tertiary/aromatic N) is 2. The summed E-state index contributed by atoms with van der Waals surface area (Å²) >= 11 is 0. The molecule has 1 amide bonds. The number of aromatic nitrogens is 1. The largest absolute Gasteiger partial charge is 0.465 e. The zero-order valence-electron chi connectivity index (χ0n) is 11.4.